The Kier molecular flexibility index (Phi) is 4.11. The Morgan fingerprint density at radius 1 is 1.06 bits per heavy atom. The third kappa shape index (κ3) is 3.57. The van der Waals surface area contributed by atoms with Gasteiger partial charge in [-0.1, -0.05) is 36.4 Å². The fraction of sp³-hybridized carbons (Fsp3) is 0.214. The number of nitrogens with zero attached hydrogens (tertiary/aromatic N) is 1. The summed E-state index contributed by atoms with van der Waals surface area (Å²) in [5.74, 6) is 0.841. The monoisotopic (exact) mass is 228 g/mol. The molecule has 1 unspecified atom stereocenters. The van der Waals surface area contributed by atoms with Crippen LogP contribution in [0.5, 0.6) is 0 Å². The molecule has 0 amide bonds. The van der Waals surface area contributed by atoms with Gasteiger partial charge in [0.25, 0.3) is 0 Å². The van der Waals surface area contributed by atoms with Gasteiger partial charge in [-0.3, -0.25) is 0 Å². The van der Waals surface area contributed by atoms with Crippen molar-refractivity contribution < 1.29 is 5.11 Å². The molecule has 0 aliphatic rings. The molecule has 0 saturated heterocycles. The van der Waals surface area contributed by atoms with E-state index in [1.807, 2.05) is 48.5 Å². The van der Waals surface area contributed by atoms with E-state index in [0.717, 1.165) is 11.4 Å². The fourth-order valence-corrected chi connectivity index (χ4v) is 1.65. The number of nitrogens with one attached hydrogen (secondary N) is 1. The molecule has 3 heteroatoms. The van der Waals surface area contributed by atoms with Gasteiger partial charge >= 0.3 is 0 Å². The van der Waals surface area contributed by atoms with Crippen LogP contribution in [0.3, 0.4) is 0 Å². The number of benzene rings is 1. The van der Waals surface area contributed by atoms with Gasteiger partial charge in [0.2, 0.25) is 0 Å². The second kappa shape index (κ2) is 6.01. The van der Waals surface area contributed by atoms with E-state index in [0.29, 0.717) is 13.0 Å². The van der Waals surface area contributed by atoms with E-state index in [-0.39, 0.29) is 0 Å². The molecule has 0 saturated carbocycles. The van der Waals surface area contributed by atoms with Crippen LogP contribution in [-0.2, 0) is 0 Å². The Bertz CT molecular complexity index is 430. The maximum absolute atomic E-state index is 9.94. The van der Waals surface area contributed by atoms with E-state index >= 15 is 0 Å². The molecule has 0 radical (unpaired) electrons. The maximum Gasteiger partial charge on any atom is 0.125 e. The van der Waals surface area contributed by atoms with E-state index in [1.165, 1.54) is 0 Å². The third-order valence-corrected chi connectivity index (χ3v) is 2.57. The van der Waals surface area contributed by atoms with Crippen LogP contribution < -0.4 is 5.32 Å². The van der Waals surface area contributed by atoms with Gasteiger partial charge < -0.3 is 10.4 Å². The maximum atomic E-state index is 9.94. The van der Waals surface area contributed by atoms with Crippen molar-refractivity contribution in [1.29, 1.82) is 0 Å². The standard InChI is InChI=1S/C14H16N2O/c17-13(12-6-2-1-3-7-12)9-11-16-14-8-4-5-10-15-14/h1-8,10,13,17H,9,11H2,(H,15,16). The molecule has 0 spiro atoms. The number of anilines is 1. The number of pyridine rings is 1. The van der Waals surface area contributed by atoms with Gasteiger partial charge in [0.05, 0.1) is 6.10 Å². The normalized spacial score (nSPS) is 12.1. The predicted molar refractivity (Wildman–Crippen MR) is 68.7 cm³/mol. The van der Waals surface area contributed by atoms with Gasteiger partial charge in [-0.25, -0.2) is 4.98 Å². The second-order valence-corrected chi connectivity index (χ2v) is 3.86. The molecule has 2 aromatic rings. The van der Waals surface area contributed by atoms with Crippen molar-refractivity contribution in [3.63, 3.8) is 0 Å². The summed E-state index contributed by atoms with van der Waals surface area (Å²) in [6, 6.07) is 15.4. The van der Waals surface area contributed by atoms with Crippen LogP contribution in [0.1, 0.15) is 18.1 Å². The highest BCUT2D eigenvalue weighted by molar-refractivity contribution is 5.32. The Balaban J connectivity index is 1.79. The van der Waals surface area contributed by atoms with E-state index in [9.17, 15) is 5.11 Å². The van der Waals surface area contributed by atoms with Gasteiger partial charge in [0, 0.05) is 12.7 Å². The lowest BCUT2D eigenvalue weighted by Gasteiger charge is -2.11. The quantitative estimate of drug-likeness (QED) is 0.826. The highest BCUT2D eigenvalue weighted by Gasteiger charge is 2.05. The van der Waals surface area contributed by atoms with Crippen LogP contribution in [-0.4, -0.2) is 16.6 Å². The minimum atomic E-state index is -0.424. The second-order valence-electron chi connectivity index (χ2n) is 3.86. The molecule has 1 aromatic carbocycles. The topological polar surface area (TPSA) is 45.1 Å². The van der Waals surface area contributed by atoms with Gasteiger partial charge in [-0.2, -0.15) is 0 Å². The zero-order valence-corrected chi connectivity index (χ0v) is 9.58. The van der Waals surface area contributed by atoms with Crippen LogP contribution in [0.2, 0.25) is 0 Å². The summed E-state index contributed by atoms with van der Waals surface area (Å²) in [6.45, 7) is 0.701. The first kappa shape index (κ1) is 11.6. The van der Waals surface area contributed by atoms with Gasteiger partial charge in [-0.05, 0) is 24.1 Å². The number of aliphatic hydroxyl groups is 1. The number of aromatic nitrogens is 1. The van der Waals surface area contributed by atoms with Crippen molar-refractivity contribution in [2.45, 2.75) is 12.5 Å². The van der Waals surface area contributed by atoms with Crippen molar-refractivity contribution in [2.75, 3.05) is 11.9 Å². The Labute approximate surface area is 101 Å². The van der Waals surface area contributed by atoms with Crippen molar-refractivity contribution in [1.82, 2.24) is 4.98 Å². The first-order chi connectivity index (χ1) is 8.36. The molecule has 1 atom stereocenters. The predicted octanol–water partition coefficient (Wildman–Crippen LogP) is 2.62. The first-order valence-electron chi connectivity index (χ1n) is 5.74. The van der Waals surface area contributed by atoms with Crippen molar-refractivity contribution in [2.24, 2.45) is 0 Å². The zero-order chi connectivity index (χ0) is 11.9. The van der Waals surface area contributed by atoms with E-state index < -0.39 is 6.10 Å². The minimum absolute atomic E-state index is 0.424. The molecule has 0 aliphatic heterocycles. The number of aliphatic hydroxyl groups excluding tert-OH is 1. The van der Waals surface area contributed by atoms with Crippen LogP contribution in [0.15, 0.2) is 54.7 Å². The molecular weight excluding hydrogens is 212 g/mol. The minimum Gasteiger partial charge on any atom is -0.388 e. The molecule has 0 bridgehead atoms. The van der Waals surface area contributed by atoms with Crippen LogP contribution in [0.4, 0.5) is 5.82 Å². The average Bonchev–Trinajstić information content (AvgIpc) is 2.41. The molecule has 0 aliphatic carbocycles. The molecule has 0 fully saturated rings. The Hall–Kier alpha value is -1.87. The average molecular weight is 228 g/mol. The summed E-state index contributed by atoms with van der Waals surface area (Å²) in [5.41, 5.74) is 0.954. The smallest absolute Gasteiger partial charge is 0.125 e. The molecule has 88 valence electrons. The fourth-order valence-electron chi connectivity index (χ4n) is 1.65. The molecule has 17 heavy (non-hydrogen) atoms. The molecule has 3 nitrogen and oxygen atoms in total. The third-order valence-electron chi connectivity index (χ3n) is 2.57. The molecule has 1 aromatic heterocycles. The first-order valence-corrected chi connectivity index (χ1v) is 5.74. The summed E-state index contributed by atoms with van der Waals surface area (Å²) in [7, 11) is 0. The Morgan fingerprint density at radius 3 is 2.53 bits per heavy atom. The van der Waals surface area contributed by atoms with Crippen LogP contribution in [0.25, 0.3) is 0 Å². The van der Waals surface area contributed by atoms with E-state index in [4.69, 9.17) is 0 Å². The molecule has 2 N–H and O–H groups in total. The highest BCUT2D eigenvalue weighted by atomic mass is 16.3. The SMILES string of the molecule is OC(CCNc1ccccn1)c1ccccc1. The highest BCUT2D eigenvalue weighted by Crippen LogP contribution is 2.15. The lowest BCUT2D eigenvalue weighted by Crippen LogP contribution is -2.08. The van der Waals surface area contributed by atoms with Gasteiger partial charge in [0.1, 0.15) is 5.82 Å². The van der Waals surface area contributed by atoms with Crippen molar-refractivity contribution in [3.05, 3.63) is 60.3 Å². The summed E-state index contributed by atoms with van der Waals surface area (Å²) >= 11 is 0. The lowest BCUT2D eigenvalue weighted by atomic mass is 10.1. The Morgan fingerprint density at radius 2 is 1.82 bits per heavy atom. The lowest BCUT2D eigenvalue weighted by molar-refractivity contribution is 0.171. The van der Waals surface area contributed by atoms with Crippen molar-refractivity contribution >= 4 is 5.82 Å². The number of hydrogen-bond acceptors (Lipinski definition) is 3. The van der Waals surface area contributed by atoms with Crippen molar-refractivity contribution in [3.8, 4) is 0 Å². The zero-order valence-electron chi connectivity index (χ0n) is 9.58. The van der Waals surface area contributed by atoms with Gasteiger partial charge in [-0.15, -0.1) is 0 Å². The summed E-state index contributed by atoms with van der Waals surface area (Å²) in [6.07, 6.45) is 1.99. The summed E-state index contributed by atoms with van der Waals surface area (Å²) in [4.78, 5) is 4.16. The number of rotatable bonds is 5. The molecule has 1 heterocycles. The van der Waals surface area contributed by atoms with Crippen LogP contribution in [0, 0.1) is 0 Å². The molecular formula is C14H16N2O. The largest absolute Gasteiger partial charge is 0.388 e. The van der Waals surface area contributed by atoms with E-state index in [2.05, 4.69) is 10.3 Å². The number of hydrogen-bond donors (Lipinski definition) is 2. The van der Waals surface area contributed by atoms with E-state index in [1.54, 1.807) is 6.20 Å². The summed E-state index contributed by atoms with van der Waals surface area (Å²) < 4.78 is 0. The van der Waals surface area contributed by atoms with Gasteiger partial charge in [0.15, 0.2) is 0 Å². The summed E-state index contributed by atoms with van der Waals surface area (Å²) in [5, 5.41) is 13.1. The van der Waals surface area contributed by atoms with Crippen LogP contribution >= 0.6 is 0 Å². The molecule has 2 rings (SSSR count).